The summed E-state index contributed by atoms with van der Waals surface area (Å²) in [6.07, 6.45) is 5.96. The fraction of sp³-hybridized carbons (Fsp3) is 0.923. The van der Waals surface area contributed by atoms with Crippen molar-refractivity contribution in [3.05, 3.63) is 0 Å². The number of aliphatic hydroxyl groups is 1. The highest BCUT2D eigenvalue weighted by Crippen LogP contribution is 2.49. The Morgan fingerprint density at radius 1 is 1.35 bits per heavy atom. The standard InChI is InChI=1S/C13H19NO3/c14-7-1-2-9-3-4-12-13(17-9)6-5-10(15)11(8-13)16-12/h9-12,15H,1-6,8H2/t9?,10-,11-,12?,13?/m1/s1. The Morgan fingerprint density at radius 2 is 2.24 bits per heavy atom. The van der Waals surface area contributed by atoms with Gasteiger partial charge in [0.05, 0.1) is 36.1 Å². The van der Waals surface area contributed by atoms with Gasteiger partial charge in [-0.15, -0.1) is 0 Å². The minimum absolute atomic E-state index is 0.0246. The molecule has 2 saturated heterocycles. The summed E-state index contributed by atoms with van der Waals surface area (Å²) in [6, 6.07) is 2.18. The van der Waals surface area contributed by atoms with Crippen LogP contribution >= 0.6 is 0 Å². The van der Waals surface area contributed by atoms with E-state index in [2.05, 4.69) is 6.07 Å². The van der Waals surface area contributed by atoms with Gasteiger partial charge in [-0.1, -0.05) is 0 Å². The third-order valence-corrected chi connectivity index (χ3v) is 4.50. The number of rotatable bonds is 2. The lowest BCUT2D eigenvalue weighted by Crippen LogP contribution is -2.49. The quantitative estimate of drug-likeness (QED) is 0.791. The molecule has 1 saturated carbocycles. The minimum Gasteiger partial charge on any atom is -0.390 e. The molecular formula is C13H19NO3. The Hall–Kier alpha value is -0.630. The van der Waals surface area contributed by atoms with Crippen molar-refractivity contribution in [1.82, 2.24) is 0 Å². The Kier molecular flexibility index (Phi) is 2.86. The molecule has 5 atom stereocenters. The number of nitriles is 1. The molecule has 2 heterocycles. The van der Waals surface area contributed by atoms with Crippen LogP contribution in [0.2, 0.25) is 0 Å². The molecule has 1 N–H and O–H groups in total. The van der Waals surface area contributed by atoms with Crippen molar-refractivity contribution >= 4 is 0 Å². The summed E-state index contributed by atoms with van der Waals surface area (Å²) in [6.45, 7) is 0. The third-order valence-electron chi connectivity index (χ3n) is 4.50. The van der Waals surface area contributed by atoms with Gasteiger partial charge < -0.3 is 14.6 Å². The summed E-state index contributed by atoms with van der Waals surface area (Å²) in [5.74, 6) is 0. The van der Waals surface area contributed by atoms with Gasteiger partial charge in [0.15, 0.2) is 0 Å². The molecule has 0 aromatic heterocycles. The van der Waals surface area contributed by atoms with Crippen LogP contribution in [0.3, 0.4) is 0 Å². The van der Waals surface area contributed by atoms with Gasteiger partial charge in [0, 0.05) is 12.8 Å². The Morgan fingerprint density at radius 3 is 3.06 bits per heavy atom. The van der Waals surface area contributed by atoms with E-state index in [0.29, 0.717) is 6.42 Å². The number of ether oxygens (including phenoxy) is 2. The lowest BCUT2D eigenvalue weighted by molar-refractivity contribution is -0.166. The van der Waals surface area contributed by atoms with Gasteiger partial charge in [-0.2, -0.15) is 5.26 Å². The van der Waals surface area contributed by atoms with Crippen LogP contribution in [0, 0.1) is 11.3 Å². The van der Waals surface area contributed by atoms with E-state index in [4.69, 9.17) is 14.7 Å². The molecule has 0 amide bonds. The van der Waals surface area contributed by atoms with Crippen molar-refractivity contribution in [2.24, 2.45) is 0 Å². The van der Waals surface area contributed by atoms with E-state index in [1.807, 2.05) is 0 Å². The molecule has 3 aliphatic rings. The second-order valence-corrected chi connectivity index (χ2v) is 5.55. The summed E-state index contributed by atoms with van der Waals surface area (Å²) in [4.78, 5) is 0. The fourth-order valence-electron chi connectivity index (χ4n) is 3.59. The summed E-state index contributed by atoms with van der Waals surface area (Å²) in [5, 5.41) is 18.5. The second kappa shape index (κ2) is 4.24. The first-order valence-corrected chi connectivity index (χ1v) is 6.62. The van der Waals surface area contributed by atoms with Gasteiger partial charge in [-0.25, -0.2) is 0 Å². The van der Waals surface area contributed by atoms with E-state index in [-0.39, 0.29) is 30.0 Å². The van der Waals surface area contributed by atoms with Crippen LogP contribution in [-0.2, 0) is 9.47 Å². The molecule has 0 aromatic rings. The minimum atomic E-state index is -0.313. The summed E-state index contributed by atoms with van der Waals surface area (Å²) >= 11 is 0. The van der Waals surface area contributed by atoms with Crippen molar-refractivity contribution in [2.75, 3.05) is 0 Å². The molecule has 3 unspecified atom stereocenters. The van der Waals surface area contributed by atoms with Crippen LogP contribution in [0.5, 0.6) is 0 Å². The number of nitrogens with zero attached hydrogens (tertiary/aromatic N) is 1. The first-order chi connectivity index (χ1) is 8.23. The summed E-state index contributed by atoms with van der Waals surface area (Å²) < 4.78 is 12.1. The van der Waals surface area contributed by atoms with Crippen LogP contribution < -0.4 is 0 Å². The highest BCUT2D eigenvalue weighted by atomic mass is 16.6. The first-order valence-electron chi connectivity index (χ1n) is 6.62. The highest BCUT2D eigenvalue weighted by molar-refractivity contribution is 5.06. The molecule has 4 heteroatoms. The molecular weight excluding hydrogens is 218 g/mol. The number of aliphatic hydroxyl groups excluding tert-OH is 1. The van der Waals surface area contributed by atoms with Gasteiger partial charge in [0.25, 0.3) is 0 Å². The van der Waals surface area contributed by atoms with E-state index in [1.165, 1.54) is 0 Å². The van der Waals surface area contributed by atoms with Crippen molar-refractivity contribution in [3.63, 3.8) is 0 Å². The Bertz CT molecular complexity index is 340. The second-order valence-electron chi connectivity index (χ2n) is 5.55. The predicted molar refractivity (Wildman–Crippen MR) is 60.2 cm³/mol. The largest absolute Gasteiger partial charge is 0.390 e. The van der Waals surface area contributed by atoms with Crippen molar-refractivity contribution < 1.29 is 14.6 Å². The third kappa shape index (κ3) is 1.87. The van der Waals surface area contributed by atoms with E-state index >= 15 is 0 Å². The summed E-state index contributed by atoms with van der Waals surface area (Å²) in [5.41, 5.74) is -0.151. The molecule has 0 aromatic carbocycles. The normalized spacial score (nSPS) is 48.5. The van der Waals surface area contributed by atoms with Gasteiger partial charge in [-0.3, -0.25) is 0 Å². The lowest BCUT2D eigenvalue weighted by Gasteiger charge is -2.43. The maximum Gasteiger partial charge on any atom is 0.0973 e. The first kappa shape index (κ1) is 11.5. The molecule has 1 aliphatic carbocycles. The van der Waals surface area contributed by atoms with Gasteiger partial charge in [-0.05, 0) is 32.1 Å². The predicted octanol–water partition coefficient (Wildman–Crippen LogP) is 1.52. The molecule has 3 rings (SSSR count). The average Bonchev–Trinajstić information content (AvgIpc) is 2.66. The van der Waals surface area contributed by atoms with Gasteiger partial charge >= 0.3 is 0 Å². The van der Waals surface area contributed by atoms with E-state index in [9.17, 15) is 5.11 Å². The fourth-order valence-corrected chi connectivity index (χ4v) is 3.59. The zero-order valence-electron chi connectivity index (χ0n) is 9.97. The SMILES string of the molecule is N#CCCC1CCC2O[C@@H]3CC2(CC[C@H]3O)O1. The van der Waals surface area contributed by atoms with Crippen LogP contribution in [0.4, 0.5) is 0 Å². The topological polar surface area (TPSA) is 62.5 Å². The molecule has 3 fully saturated rings. The van der Waals surface area contributed by atoms with Gasteiger partial charge in [0.1, 0.15) is 0 Å². The van der Waals surface area contributed by atoms with Crippen LogP contribution in [-0.4, -0.2) is 35.1 Å². The maximum absolute atomic E-state index is 9.82. The molecule has 4 nitrogen and oxygen atoms in total. The molecule has 2 bridgehead atoms. The zero-order valence-corrected chi connectivity index (χ0v) is 9.97. The number of fused-ring (bicyclic) bond motifs is 1. The van der Waals surface area contributed by atoms with Gasteiger partial charge in [0.2, 0.25) is 0 Å². The van der Waals surface area contributed by atoms with E-state index in [0.717, 1.165) is 38.5 Å². The molecule has 94 valence electrons. The van der Waals surface area contributed by atoms with Crippen LogP contribution in [0.15, 0.2) is 0 Å². The molecule has 1 spiro atoms. The zero-order chi connectivity index (χ0) is 11.9. The van der Waals surface area contributed by atoms with Crippen LogP contribution in [0.25, 0.3) is 0 Å². The molecule has 0 radical (unpaired) electrons. The van der Waals surface area contributed by atoms with Crippen molar-refractivity contribution in [2.45, 2.75) is 75.0 Å². The van der Waals surface area contributed by atoms with E-state index in [1.54, 1.807) is 0 Å². The molecule has 17 heavy (non-hydrogen) atoms. The monoisotopic (exact) mass is 237 g/mol. The Labute approximate surface area is 102 Å². The molecule has 2 aliphatic heterocycles. The maximum atomic E-state index is 9.82. The van der Waals surface area contributed by atoms with E-state index < -0.39 is 0 Å². The van der Waals surface area contributed by atoms with Crippen molar-refractivity contribution in [3.8, 4) is 6.07 Å². The summed E-state index contributed by atoms with van der Waals surface area (Å²) in [7, 11) is 0. The highest BCUT2D eigenvalue weighted by Gasteiger charge is 2.56. The average molecular weight is 237 g/mol. The Balaban J connectivity index is 1.70. The lowest BCUT2D eigenvalue weighted by atomic mass is 9.77. The number of hydrogen-bond acceptors (Lipinski definition) is 4. The number of hydrogen-bond donors (Lipinski definition) is 1. The van der Waals surface area contributed by atoms with Crippen molar-refractivity contribution in [1.29, 1.82) is 5.26 Å². The smallest absolute Gasteiger partial charge is 0.0973 e. The van der Waals surface area contributed by atoms with Crippen LogP contribution in [0.1, 0.15) is 44.9 Å².